The van der Waals surface area contributed by atoms with Crippen molar-refractivity contribution >= 4 is 5.96 Å². The second-order valence-electron chi connectivity index (χ2n) is 5.92. The van der Waals surface area contributed by atoms with Gasteiger partial charge in [0.05, 0.1) is 0 Å². The lowest BCUT2D eigenvalue weighted by atomic mass is 10.1. The summed E-state index contributed by atoms with van der Waals surface area (Å²) in [5.74, 6) is 0.641. The van der Waals surface area contributed by atoms with E-state index in [2.05, 4.69) is 25.8 Å². The summed E-state index contributed by atoms with van der Waals surface area (Å²) >= 11 is 0. The normalized spacial score (nSPS) is 11.6. The van der Waals surface area contributed by atoms with E-state index in [1.807, 2.05) is 24.5 Å². The van der Waals surface area contributed by atoms with E-state index in [0.29, 0.717) is 0 Å². The lowest BCUT2D eigenvalue weighted by Crippen LogP contribution is -2.38. The van der Waals surface area contributed by atoms with E-state index in [4.69, 9.17) is 0 Å². The second kappa shape index (κ2) is 10.4. The average molecular weight is 346 g/mol. The topological polar surface area (TPSA) is 67.1 Å². The number of aliphatic imine (C=N–C) groups is 1. The summed E-state index contributed by atoms with van der Waals surface area (Å²) < 4.78 is 15.1. The van der Waals surface area contributed by atoms with Crippen LogP contribution < -0.4 is 10.6 Å². The van der Waals surface area contributed by atoms with E-state index >= 15 is 0 Å². The predicted octanol–water partition coefficient (Wildman–Crippen LogP) is 2.30. The maximum atomic E-state index is 13.1. The minimum Gasteiger partial charge on any atom is -0.357 e. The van der Waals surface area contributed by atoms with Crippen molar-refractivity contribution in [2.75, 3.05) is 19.6 Å². The smallest absolute Gasteiger partial charge is 0.191 e. The van der Waals surface area contributed by atoms with Crippen molar-refractivity contribution in [1.82, 2.24) is 25.4 Å². The zero-order chi connectivity index (χ0) is 17.9. The molecule has 0 saturated heterocycles. The van der Waals surface area contributed by atoms with Crippen molar-refractivity contribution in [2.24, 2.45) is 4.99 Å². The first-order valence-electron chi connectivity index (χ1n) is 8.78. The molecule has 6 nitrogen and oxygen atoms in total. The number of aromatic nitrogens is 3. The Morgan fingerprint density at radius 2 is 2.00 bits per heavy atom. The van der Waals surface area contributed by atoms with Crippen LogP contribution in [0.4, 0.5) is 4.39 Å². The van der Waals surface area contributed by atoms with Crippen molar-refractivity contribution < 1.29 is 4.39 Å². The zero-order valence-electron chi connectivity index (χ0n) is 15.0. The largest absolute Gasteiger partial charge is 0.357 e. The van der Waals surface area contributed by atoms with Crippen LogP contribution in [0.5, 0.6) is 0 Å². The van der Waals surface area contributed by atoms with Gasteiger partial charge in [0.15, 0.2) is 5.96 Å². The summed E-state index contributed by atoms with van der Waals surface area (Å²) in [6.07, 6.45) is 6.34. The van der Waals surface area contributed by atoms with Gasteiger partial charge in [-0.2, -0.15) is 0 Å². The van der Waals surface area contributed by atoms with Gasteiger partial charge in [0.1, 0.15) is 18.5 Å². The third-order valence-corrected chi connectivity index (χ3v) is 3.90. The number of halogens is 1. The Balaban J connectivity index is 1.71. The molecule has 1 aromatic carbocycles. The number of aryl methyl sites for hydroxylation is 2. The lowest BCUT2D eigenvalue weighted by Gasteiger charge is -2.12. The molecule has 0 atom stereocenters. The maximum Gasteiger partial charge on any atom is 0.191 e. The molecule has 1 aromatic heterocycles. The van der Waals surface area contributed by atoms with Gasteiger partial charge in [-0.15, -0.1) is 10.2 Å². The second-order valence-corrected chi connectivity index (χ2v) is 5.92. The van der Waals surface area contributed by atoms with Crippen LogP contribution in [0.3, 0.4) is 0 Å². The number of hydrogen-bond acceptors (Lipinski definition) is 3. The van der Waals surface area contributed by atoms with E-state index in [1.54, 1.807) is 18.7 Å². The Labute approximate surface area is 148 Å². The summed E-state index contributed by atoms with van der Waals surface area (Å²) in [6.45, 7) is 7.26. The average Bonchev–Trinajstić information content (AvgIpc) is 3.10. The molecule has 0 fully saturated rings. The Morgan fingerprint density at radius 1 is 1.20 bits per heavy atom. The van der Waals surface area contributed by atoms with Crippen molar-refractivity contribution in [3.05, 3.63) is 47.8 Å². The van der Waals surface area contributed by atoms with E-state index in [1.165, 1.54) is 6.07 Å². The highest BCUT2D eigenvalue weighted by Gasteiger charge is 2.02. The molecule has 136 valence electrons. The number of benzene rings is 1. The molecule has 0 saturated carbocycles. The highest BCUT2D eigenvalue weighted by atomic mass is 19.1. The molecular weight excluding hydrogens is 319 g/mol. The molecule has 0 amide bonds. The summed E-state index contributed by atoms with van der Waals surface area (Å²) in [4.78, 5) is 4.59. The number of hydrogen-bond donors (Lipinski definition) is 2. The van der Waals surface area contributed by atoms with E-state index in [0.717, 1.165) is 62.5 Å². The summed E-state index contributed by atoms with van der Waals surface area (Å²) in [6, 6.07) is 4.93. The van der Waals surface area contributed by atoms with Crippen LogP contribution in [0.2, 0.25) is 0 Å². The molecule has 0 unspecified atom stereocenters. The van der Waals surface area contributed by atoms with Gasteiger partial charge < -0.3 is 15.2 Å². The third kappa shape index (κ3) is 6.91. The first-order valence-corrected chi connectivity index (χ1v) is 8.78. The van der Waals surface area contributed by atoms with Gasteiger partial charge in [-0.1, -0.05) is 6.07 Å². The fraction of sp³-hybridized carbons (Fsp3) is 0.500. The molecular formula is C18H27FN6. The number of nitrogens with one attached hydrogen (secondary N) is 2. The molecule has 2 rings (SSSR count). The minimum absolute atomic E-state index is 0.185. The van der Waals surface area contributed by atoms with Crippen LogP contribution in [-0.4, -0.2) is 40.4 Å². The van der Waals surface area contributed by atoms with E-state index < -0.39 is 0 Å². The van der Waals surface area contributed by atoms with Crippen LogP contribution in [0, 0.1) is 12.7 Å². The van der Waals surface area contributed by atoms with Crippen molar-refractivity contribution in [1.29, 1.82) is 0 Å². The number of guanidine groups is 1. The Morgan fingerprint density at radius 3 is 2.72 bits per heavy atom. The summed E-state index contributed by atoms with van der Waals surface area (Å²) in [7, 11) is 0. The molecule has 2 aromatic rings. The number of nitrogens with zero attached hydrogens (tertiary/aromatic N) is 4. The van der Waals surface area contributed by atoms with Gasteiger partial charge in [-0.05, 0) is 56.4 Å². The SMILES string of the molecule is CCNC(=NCCCCn1cnnc1)NCCc1ccc(F)cc1C. The summed E-state index contributed by atoms with van der Waals surface area (Å²) in [5, 5.41) is 14.2. The molecule has 0 aliphatic carbocycles. The van der Waals surface area contributed by atoms with Crippen LogP contribution >= 0.6 is 0 Å². The highest BCUT2D eigenvalue weighted by molar-refractivity contribution is 5.79. The molecule has 0 bridgehead atoms. The van der Waals surface area contributed by atoms with Crippen LogP contribution in [0.15, 0.2) is 35.8 Å². The Bertz CT molecular complexity index is 654. The highest BCUT2D eigenvalue weighted by Crippen LogP contribution is 2.10. The van der Waals surface area contributed by atoms with Crippen LogP contribution in [0.25, 0.3) is 0 Å². The monoisotopic (exact) mass is 346 g/mol. The van der Waals surface area contributed by atoms with Gasteiger partial charge in [0.2, 0.25) is 0 Å². The van der Waals surface area contributed by atoms with Gasteiger partial charge in [0, 0.05) is 26.2 Å². The molecule has 1 heterocycles. The molecule has 0 radical (unpaired) electrons. The Kier molecular flexibility index (Phi) is 7.88. The molecule has 7 heteroatoms. The fourth-order valence-electron chi connectivity index (χ4n) is 2.53. The third-order valence-electron chi connectivity index (χ3n) is 3.90. The van der Waals surface area contributed by atoms with E-state index in [9.17, 15) is 4.39 Å². The minimum atomic E-state index is -0.185. The number of unbranched alkanes of at least 4 members (excludes halogenated alkanes) is 1. The first-order chi connectivity index (χ1) is 12.2. The van der Waals surface area contributed by atoms with Crippen LogP contribution in [-0.2, 0) is 13.0 Å². The molecule has 0 aliphatic rings. The lowest BCUT2D eigenvalue weighted by molar-refractivity contribution is 0.611. The van der Waals surface area contributed by atoms with Crippen molar-refractivity contribution in [2.45, 2.75) is 39.7 Å². The summed E-state index contributed by atoms with van der Waals surface area (Å²) in [5.41, 5.74) is 2.14. The quantitative estimate of drug-likeness (QED) is 0.415. The molecule has 0 spiro atoms. The molecule has 2 N–H and O–H groups in total. The van der Waals surface area contributed by atoms with Crippen molar-refractivity contribution in [3.63, 3.8) is 0 Å². The fourth-order valence-corrected chi connectivity index (χ4v) is 2.53. The van der Waals surface area contributed by atoms with Gasteiger partial charge >= 0.3 is 0 Å². The van der Waals surface area contributed by atoms with E-state index in [-0.39, 0.29) is 5.82 Å². The zero-order valence-corrected chi connectivity index (χ0v) is 15.0. The van der Waals surface area contributed by atoms with Gasteiger partial charge in [0.25, 0.3) is 0 Å². The Hall–Kier alpha value is -2.44. The van der Waals surface area contributed by atoms with Crippen LogP contribution in [0.1, 0.15) is 30.9 Å². The predicted molar refractivity (Wildman–Crippen MR) is 98.1 cm³/mol. The molecule has 25 heavy (non-hydrogen) atoms. The number of rotatable bonds is 9. The van der Waals surface area contributed by atoms with Crippen molar-refractivity contribution in [3.8, 4) is 0 Å². The van der Waals surface area contributed by atoms with Gasteiger partial charge in [-0.25, -0.2) is 4.39 Å². The molecule has 0 aliphatic heterocycles. The first kappa shape index (κ1) is 18.9. The van der Waals surface area contributed by atoms with Gasteiger partial charge in [-0.3, -0.25) is 4.99 Å². The maximum absolute atomic E-state index is 13.1. The standard InChI is InChI=1S/C18H27FN6/c1-3-20-18(21-9-4-5-11-25-13-23-24-14-25)22-10-8-16-6-7-17(19)12-15(16)2/h6-7,12-14H,3-5,8-11H2,1-2H3,(H2,20,21,22).